The Bertz CT molecular complexity index is 940. The molecule has 0 N–H and O–H groups in total. The summed E-state index contributed by atoms with van der Waals surface area (Å²) in [7, 11) is 0.720. The van der Waals surface area contributed by atoms with Crippen molar-refractivity contribution in [2.24, 2.45) is 0 Å². The molecule has 0 unspecified atom stereocenters. The highest BCUT2D eigenvalue weighted by atomic mass is 32.2. The first-order chi connectivity index (χ1) is 12.6. The van der Waals surface area contributed by atoms with E-state index in [4.69, 9.17) is 4.74 Å². The lowest BCUT2D eigenvalue weighted by atomic mass is 10.1. The van der Waals surface area contributed by atoms with Gasteiger partial charge in [-0.15, -0.1) is 0 Å². The SMILES string of the molecule is Cc1ccc(S(=O)(=O)N(C)C)cc1C(=O)OCC(=O)N(C)c1ccccc1. The van der Waals surface area contributed by atoms with Crippen molar-refractivity contribution >= 4 is 27.6 Å². The van der Waals surface area contributed by atoms with Crippen molar-refractivity contribution in [1.82, 2.24) is 4.31 Å². The molecule has 0 radical (unpaired) electrons. The van der Waals surface area contributed by atoms with Crippen molar-refractivity contribution < 1.29 is 22.7 Å². The molecule has 2 aromatic rings. The van der Waals surface area contributed by atoms with Crippen LogP contribution in [0.3, 0.4) is 0 Å². The summed E-state index contributed by atoms with van der Waals surface area (Å²) < 4.78 is 30.7. The van der Waals surface area contributed by atoms with E-state index in [2.05, 4.69) is 0 Å². The van der Waals surface area contributed by atoms with Crippen molar-refractivity contribution in [2.45, 2.75) is 11.8 Å². The highest BCUT2D eigenvalue weighted by molar-refractivity contribution is 7.89. The first-order valence-corrected chi connectivity index (χ1v) is 9.60. The van der Waals surface area contributed by atoms with Gasteiger partial charge in [0.25, 0.3) is 5.91 Å². The zero-order valence-electron chi connectivity index (χ0n) is 15.7. The van der Waals surface area contributed by atoms with Crippen LogP contribution in [0.5, 0.6) is 0 Å². The van der Waals surface area contributed by atoms with Gasteiger partial charge < -0.3 is 9.64 Å². The maximum Gasteiger partial charge on any atom is 0.338 e. The van der Waals surface area contributed by atoms with Gasteiger partial charge in [-0.3, -0.25) is 4.79 Å². The maximum absolute atomic E-state index is 12.4. The first-order valence-electron chi connectivity index (χ1n) is 8.16. The molecule has 8 heteroatoms. The topological polar surface area (TPSA) is 84.0 Å². The molecule has 27 heavy (non-hydrogen) atoms. The number of para-hydroxylation sites is 1. The number of aryl methyl sites for hydroxylation is 1. The molecule has 144 valence electrons. The average molecular weight is 390 g/mol. The van der Waals surface area contributed by atoms with Gasteiger partial charge in [0.05, 0.1) is 10.5 Å². The van der Waals surface area contributed by atoms with Crippen LogP contribution < -0.4 is 4.90 Å². The normalized spacial score (nSPS) is 11.3. The van der Waals surface area contributed by atoms with Gasteiger partial charge in [-0.05, 0) is 36.8 Å². The van der Waals surface area contributed by atoms with E-state index in [0.29, 0.717) is 11.3 Å². The van der Waals surface area contributed by atoms with Crippen LogP contribution in [-0.2, 0) is 19.6 Å². The number of benzene rings is 2. The molecule has 0 heterocycles. The zero-order valence-corrected chi connectivity index (χ0v) is 16.5. The van der Waals surface area contributed by atoms with E-state index in [-0.39, 0.29) is 10.5 Å². The van der Waals surface area contributed by atoms with Crippen LogP contribution in [0.1, 0.15) is 15.9 Å². The third kappa shape index (κ3) is 4.72. The number of amides is 1. The van der Waals surface area contributed by atoms with Crippen LogP contribution in [0.4, 0.5) is 5.69 Å². The van der Waals surface area contributed by atoms with Gasteiger partial charge >= 0.3 is 5.97 Å². The summed E-state index contributed by atoms with van der Waals surface area (Å²) in [6, 6.07) is 13.2. The van der Waals surface area contributed by atoms with E-state index in [1.165, 1.54) is 37.2 Å². The fourth-order valence-electron chi connectivity index (χ4n) is 2.29. The third-order valence-corrected chi connectivity index (χ3v) is 5.86. The average Bonchev–Trinajstić information content (AvgIpc) is 2.65. The number of likely N-dealkylation sites (N-methyl/N-ethyl adjacent to an activating group) is 1. The minimum absolute atomic E-state index is 0.0159. The van der Waals surface area contributed by atoms with Crippen LogP contribution in [0.2, 0.25) is 0 Å². The van der Waals surface area contributed by atoms with Crippen molar-refractivity contribution in [3.63, 3.8) is 0 Å². The Morgan fingerprint density at radius 2 is 1.63 bits per heavy atom. The molecule has 1 amide bonds. The number of hydrogen-bond acceptors (Lipinski definition) is 5. The van der Waals surface area contributed by atoms with Crippen LogP contribution in [0.25, 0.3) is 0 Å². The molecule has 0 saturated heterocycles. The van der Waals surface area contributed by atoms with Crippen LogP contribution in [0, 0.1) is 6.92 Å². The van der Waals surface area contributed by atoms with E-state index in [9.17, 15) is 18.0 Å². The molecule has 0 aliphatic rings. The lowest BCUT2D eigenvalue weighted by molar-refractivity contribution is -0.121. The summed E-state index contributed by atoms with van der Waals surface area (Å²) in [6.07, 6.45) is 0. The van der Waals surface area contributed by atoms with E-state index in [1.807, 2.05) is 6.07 Å². The van der Waals surface area contributed by atoms with Crippen molar-refractivity contribution in [2.75, 3.05) is 32.6 Å². The summed E-state index contributed by atoms with van der Waals surface area (Å²) in [5.41, 5.74) is 1.34. The fourth-order valence-corrected chi connectivity index (χ4v) is 3.22. The lowest BCUT2D eigenvalue weighted by Crippen LogP contribution is -2.31. The zero-order chi connectivity index (χ0) is 20.2. The largest absolute Gasteiger partial charge is 0.452 e. The van der Waals surface area contributed by atoms with Gasteiger partial charge in [0.15, 0.2) is 6.61 Å². The van der Waals surface area contributed by atoms with E-state index in [1.54, 1.807) is 38.2 Å². The Balaban J connectivity index is 2.13. The number of hydrogen-bond donors (Lipinski definition) is 0. The highest BCUT2D eigenvalue weighted by Crippen LogP contribution is 2.19. The van der Waals surface area contributed by atoms with Gasteiger partial charge in [0, 0.05) is 26.8 Å². The van der Waals surface area contributed by atoms with E-state index < -0.39 is 28.5 Å². The summed E-state index contributed by atoms with van der Waals surface area (Å²) in [4.78, 5) is 26.0. The van der Waals surface area contributed by atoms with E-state index >= 15 is 0 Å². The first kappa shape index (κ1) is 20.6. The predicted molar refractivity (Wildman–Crippen MR) is 102 cm³/mol. The summed E-state index contributed by atoms with van der Waals surface area (Å²) in [6.45, 7) is 1.22. The number of carbonyl (C=O) groups is 2. The van der Waals surface area contributed by atoms with Gasteiger partial charge in [0.1, 0.15) is 0 Å². The highest BCUT2D eigenvalue weighted by Gasteiger charge is 2.21. The molecular weight excluding hydrogens is 368 g/mol. The Morgan fingerprint density at radius 3 is 2.22 bits per heavy atom. The Hall–Kier alpha value is -2.71. The quantitative estimate of drug-likeness (QED) is 0.705. The molecule has 7 nitrogen and oxygen atoms in total. The molecular formula is C19H22N2O5S. The van der Waals surface area contributed by atoms with Crippen LogP contribution in [-0.4, -0.2) is 52.3 Å². The Kier molecular flexibility index (Phi) is 6.35. The second-order valence-corrected chi connectivity index (χ2v) is 8.28. The third-order valence-electron chi connectivity index (χ3n) is 4.05. The van der Waals surface area contributed by atoms with Crippen molar-refractivity contribution in [3.8, 4) is 0 Å². The second-order valence-electron chi connectivity index (χ2n) is 6.13. The van der Waals surface area contributed by atoms with Crippen LogP contribution in [0.15, 0.2) is 53.4 Å². The number of rotatable bonds is 6. The summed E-state index contributed by atoms with van der Waals surface area (Å²) in [5.74, 6) is -1.15. The van der Waals surface area contributed by atoms with Crippen molar-refractivity contribution in [1.29, 1.82) is 0 Å². The second kappa shape index (κ2) is 8.32. The minimum Gasteiger partial charge on any atom is -0.452 e. The number of anilines is 1. The maximum atomic E-state index is 12.4. The number of ether oxygens (including phenoxy) is 1. The standard InChI is InChI=1S/C19H22N2O5S/c1-14-10-11-16(27(24,25)20(2)3)12-17(14)19(23)26-13-18(22)21(4)15-8-6-5-7-9-15/h5-12H,13H2,1-4H3. The monoisotopic (exact) mass is 390 g/mol. The molecule has 0 aliphatic heterocycles. The number of esters is 1. The van der Waals surface area contributed by atoms with Crippen molar-refractivity contribution in [3.05, 3.63) is 59.7 Å². The molecule has 0 atom stereocenters. The van der Waals surface area contributed by atoms with Gasteiger partial charge in [-0.25, -0.2) is 17.5 Å². The fraction of sp³-hybridized carbons (Fsp3) is 0.263. The molecule has 0 fully saturated rings. The molecule has 0 spiro atoms. The molecule has 0 saturated carbocycles. The summed E-state index contributed by atoms with van der Waals surface area (Å²) in [5, 5.41) is 0. The smallest absolute Gasteiger partial charge is 0.338 e. The van der Waals surface area contributed by atoms with Gasteiger partial charge in [-0.1, -0.05) is 24.3 Å². The van der Waals surface area contributed by atoms with Gasteiger partial charge in [0.2, 0.25) is 10.0 Å². The van der Waals surface area contributed by atoms with Gasteiger partial charge in [-0.2, -0.15) is 0 Å². The van der Waals surface area contributed by atoms with E-state index in [0.717, 1.165) is 4.31 Å². The predicted octanol–water partition coefficient (Wildman–Crippen LogP) is 2.07. The molecule has 2 aromatic carbocycles. The Morgan fingerprint density at radius 1 is 1.00 bits per heavy atom. The Labute approximate surface area is 159 Å². The molecule has 2 rings (SSSR count). The molecule has 0 aliphatic carbocycles. The number of nitrogens with zero attached hydrogens (tertiary/aromatic N) is 2. The number of carbonyl (C=O) groups excluding carboxylic acids is 2. The summed E-state index contributed by atoms with van der Waals surface area (Å²) >= 11 is 0. The minimum atomic E-state index is -3.68. The molecule has 0 aromatic heterocycles. The molecule has 0 bridgehead atoms. The lowest BCUT2D eigenvalue weighted by Gasteiger charge is -2.17. The number of sulfonamides is 1. The van der Waals surface area contributed by atoms with Crippen LogP contribution >= 0.6 is 0 Å².